The first-order valence-electron chi connectivity index (χ1n) is 11.0. The summed E-state index contributed by atoms with van der Waals surface area (Å²) < 4.78 is 27.5. The van der Waals surface area contributed by atoms with Crippen molar-refractivity contribution in [2.24, 2.45) is 0 Å². The van der Waals surface area contributed by atoms with Crippen LogP contribution in [-0.4, -0.2) is 56.1 Å². The number of fused-ring (bicyclic) bond motifs is 1. The van der Waals surface area contributed by atoms with Gasteiger partial charge >= 0.3 is 0 Å². The van der Waals surface area contributed by atoms with Gasteiger partial charge in [-0.15, -0.1) is 0 Å². The molecule has 3 aromatic carbocycles. The van der Waals surface area contributed by atoms with Crippen LogP contribution in [0.2, 0.25) is 10.0 Å². The van der Waals surface area contributed by atoms with E-state index in [2.05, 4.69) is 5.32 Å². The maximum atomic E-state index is 13.4. The van der Waals surface area contributed by atoms with Crippen LogP contribution in [0.5, 0.6) is 0 Å². The van der Waals surface area contributed by atoms with Crippen molar-refractivity contribution in [1.29, 1.82) is 0 Å². The Morgan fingerprint density at radius 1 is 0.971 bits per heavy atom. The van der Waals surface area contributed by atoms with Crippen LogP contribution in [-0.2, 0) is 26.2 Å². The van der Waals surface area contributed by atoms with Crippen molar-refractivity contribution in [3.63, 3.8) is 0 Å². The minimum Gasteiger partial charge on any atom is -0.357 e. The number of hydrogen-bond donors (Lipinski definition) is 1. The lowest BCUT2D eigenvalue weighted by Gasteiger charge is -2.31. The molecule has 35 heavy (non-hydrogen) atoms. The van der Waals surface area contributed by atoms with Crippen LogP contribution >= 0.6 is 23.2 Å². The highest BCUT2D eigenvalue weighted by Crippen LogP contribution is 2.25. The zero-order chi connectivity index (χ0) is 25.8. The first kappa shape index (κ1) is 26.9. The summed E-state index contributed by atoms with van der Waals surface area (Å²) in [5, 5.41) is 4.95. The van der Waals surface area contributed by atoms with Crippen LogP contribution in [0.4, 0.5) is 0 Å². The van der Waals surface area contributed by atoms with Gasteiger partial charge in [-0.2, -0.15) is 4.31 Å². The first-order valence-corrected chi connectivity index (χ1v) is 13.2. The molecule has 0 bridgehead atoms. The van der Waals surface area contributed by atoms with Gasteiger partial charge in [-0.1, -0.05) is 66.5 Å². The van der Waals surface area contributed by atoms with E-state index in [0.29, 0.717) is 22.0 Å². The van der Waals surface area contributed by atoms with E-state index >= 15 is 0 Å². The highest BCUT2D eigenvalue weighted by molar-refractivity contribution is 7.89. The van der Waals surface area contributed by atoms with E-state index in [1.54, 1.807) is 37.3 Å². The summed E-state index contributed by atoms with van der Waals surface area (Å²) >= 11 is 12.1. The maximum Gasteiger partial charge on any atom is 0.243 e. The van der Waals surface area contributed by atoms with Crippen LogP contribution in [0.15, 0.2) is 65.6 Å². The van der Waals surface area contributed by atoms with Crippen LogP contribution < -0.4 is 5.32 Å². The molecule has 0 aliphatic heterocycles. The summed E-state index contributed by atoms with van der Waals surface area (Å²) in [5.74, 6) is -0.862. The zero-order valence-corrected chi connectivity index (χ0v) is 22.0. The SMILES string of the molecule is CC[C@@H](C(=O)NC)N(Cc1ccc(Cl)c(Cl)c1)C(=O)CN(C)S(=O)(=O)c1ccc2ccccc2c1. The molecule has 0 aliphatic carbocycles. The van der Waals surface area contributed by atoms with Gasteiger partial charge < -0.3 is 10.2 Å². The fourth-order valence-electron chi connectivity index (χ4n) is 3.79. The number of nitrogens with zero attached hydrogens (tertiary/aromatic N) is 2. The minimum absolute atomic E-state index is 0.0610. The zero-order valence-electron chi connectivity index (χ0n) is 19.7. The fraction of sp³-hybridized carbons (Fsp3) is 0.280. The molecule has 1 N–H and O–H groups in total. The Labute approximate surface area is 215 Å². The van der Waals surface area contributed by atoms with Gasteiger partial charge in [0, 0.05) is 20.6 Å². The van der Waals surface area contributed by atoms with Gasteiger partial charge in [0.2, 0.25) is 21.8 Å². The molecular weight excluding hydrogens is 509 g/mol. The predicted octanol–water partition coefficient (Wildman–Crippen LogP) is 4.32. The lowest BCUT2D eigenvalue weighted by Crippen LogP contribution is -2.51. The maximum absolute atomic E-state index is 13.4. The Morgan fingerprint density at radius 3 is 2.29 bits per heavy atom. The van der Waals surface area contributed by atoms with Crippen LogP contribution in [0.3, 0.4) is 0 Å². The number of hydrogen-bond acceptors (Lipinski definition) is 4. The fourth-order valence-corrected chi connectivity index (χ4v) is 5.27. The Bertz CT molecular complexity index is 1350. The molecule has 3 aromatic rings. The number of rotatable bonds is 9. The molecular formula is C25H27Cl2N3O4S. The number of likely N-dealkylation sites (N-methyl/N-ethyl adjacent to an activating group) is 2. The Morgan fingerprint density at radius 2 is 1.66 bits per heavy atom. The highest BCUT2D eigenvalue weighted by atomic mass is 35.5. The van der Waals surface area contributed by atoms with Gasteiger partial charge in [0.05, 0.1) is 21.5 Å². The number of carbonyl (C=O) groups excluding carboxylic acids is 2. The molecule has 1 atom stereocenters. The summed E-state index contributed by atoms with van der Waals surface area (Å²) in [6.45, 7) is 1.40. The largest absolute Gasteiger partial charge is 0.357 e. The van der Waals surface area contributed by atoms with E-state index in [1.807, 2.05) is 24.3 Å². The molecule has 0 unspecified atom stereocenters. The van der Waals surface area contributed by atoms with Gasteiger partial charge in [0.15, 0.2) is 0 Å². The average molecular weight is 536 g/mol. The first-order chi connectivity index (χ1) is 16.6. The molecule has 0 spiro atoms. The molecule has 10 heteroatoms. The molecule has 0 saturated carbocycles. The Kier molecular flexibility index (Phi) is 8.77. The van der Waals surface area contributed by atoms with Crippen molar-refractivity contribution >= 4 is 55.8 Å². The standard InChI is InChI=1S/C25H27Cl2N3O4S/c1-4-23(25(32)28-2)30(15-17-9-12-21(26)22(27)13-17)24(31)16-29(3)35(33,34)20-11-10-18-7-5-6-8-19(18)14-20/h5-14,23H,4,15-16H2,1-3H3,(H,28,32)/t23-/m0/s1. The van der Waals surface area contributed by atoms with Crippen molar-refractivity contribution in [3.05, 3.63) is 76.3 Å². The summed E-state index contributed by atoms with van der Waals surface area (Å²) in [6.07, 6.45) is 0.341. The van der Waals surface area contributed by atoms with Crippen molar-refractivity contribution in [1.82, 2.24) is 14.5 Å². The van der Waals surface area contributed by atoms with Crippen molar-refractivity contribution < 1.29 is 18.0 Å². The van der Waals surface area contributed by atoms with Crippen molar-refractivity contribution in [2.75, 3.05) is 20.6 Å². The van der Waals surface area contributed by atoms with Gasteiger partial charge in [0.25, 0.3) is 0 Å². The van der Waals surface area contributed by atoms with E-state index in [4.69, 9.17) is 23.2 Å². The Balaban J connectivity index is 1.89. The van der Waals surface area contributed by atoms with Gasteiger partial charge in [-0.05, 0) is 47.0 Å². The second kappa shape index (κ2) is 11.4. The second-order valence-electron chi connectivity index (χ2n) is 8.08. The molecule has 186 valence electrons. The van der Waals surface area contributed by atoms with E-state index in [-0.39, 0.29) is 17.3 Å². The molecule has 0 aromatic heterocycles. The summed E-state index contributed by atoms with van der Waals surface area (Å²) in [6, 6.07) is 16.4. The number of halogens is 2. The molecule has 2 amide bonds. The topological polar surface area (TPSA) is 86.8 Å². The van der Waals surface area contributed by atoms with E-state index < -0.39 is 28.5 Å². The minimum atomic E-state index is -3.96. The van der Waals surface area contributed by atoms with E-state index in [0.717, 1.165) is 15.1 Å². The molecule has 0 radical (unpaired) electrons. The van der Waals surface area contributed by atoms with Crippen molar-refractivity contribution in [2.45, 2.75) is 30.8 Å². The van der Waals surface area contributed by atoms with E-state index in [9.17, 15) is 18.0 Å². The monoisotopic (exact) mass is 535 g/mol. The molecule has 0 aliphatic rings. The normalized spacial score (nSPS) is 12.5. The molecule has 0 fully saturated rings. The van der Waals surface area contributed by atoms with Crippen LogP contribution in [0, 0.1) is 0 Å². The number of amides is 2. The number of benzene rings is 3. The highest BCUT2D eigenvalue weighted by Gasteiger charge is 2.31. The third-order valence-electron chi connectivity index (χ3n) is 5.76. The van der Waals surface area contributed by atoms with E-state index in [1.165, 1.54) is 25.1 Å². The molecule has 3 rings (SSSR count). The predicted molar refractivity (Wildman–Crippen MR) is 139 cm³/mol. The quantitative estimate of drug-likeness (QED) is 0.442. The van der Waals surface area contributed by atoms with Gasteiger partial charge in [-0.3, -0.25) is 9.59 Å². The summed E-state index contributed by atoms with van der Waals surface area (Å²) in [5.41, 5.74) is 0.662. The number of sulfonamides is 1. The lowest BCUT2D eigenvalue weighted by molar-refractivity contribution is -0.141. The smallest absolute Gasteiger partial charge is 0.243 e. The molecule has 7 nitrogen and oxygen atoms in total. The third-order valence-corrected chi connectivity index (χ3v) is 8.29. The summed E-state index contributed by atoms with van der Waals surface area (Å²) in [4.78, 5) is 27.4. The number of nitrogens with one attached hydrogen (secondary N) is 1. The lowest BCUT2D eigenvalue weighted by atomic mass is 10.1. The van der Waals surface area contributed by atoms with Crippen LogP contribution in [0.25, 0.3) is 10.8 Å². The average Bonchev–Trinajstić information content (AvgIpc) is 2.85. The van der Waals surface area contributed by atoms with Gasteiger partial charge in [0.1, 0.15) is 6.04 Å². The van der Waals surface area contributed by atoms with Crippen LogP contribution in [0.1, 0.15) is 18.9 Å². The summed E-state index contributed by atoms with van der Waals surface area (Å²) in [7, 11) is -1.12. The molecule has 0 heterocycles. The third kappa shape index (κ3) is 6.13. The van der Waals surface area contributed by atoms with Crippen molar-refractivity contribution in [3.8, 4) is 0 Å². The Hall–Kier alpha value is -2.65. The number of carbonyl (C=O) groups is 2. The molecule has 0 saturated heterocycles. The van der Waals surface area contributed by atoms with Gasteiger partial charge in [-0.25, -0.2) is 8.42 Å². The second-order valence-corrected chi connectivity index (χ2v) is 10.9.